The number of aromatic nitrogens is 4. The van der Waals surface area contributed by atoms with Crippen LogP contribution < -0.4 is 5.32 Å². The molecule has 5 rings (SSSR count). The van der Waals surface area contributed by atoms with Gasteiger partial charge in [-0.2, -0.15) is 10.2 Å². The number of aromatic amines is 1. The molecule has 8 heteroatoms. The van der Waals surface area contributed by atoms with E-state index < -0.39 is 0 Å². The number of H-pyrrole nitrogens is 1. The number of carbonyl (C=O) groups excluding carboxylic acids is 2. The number of fused-ring (bicyclic) bond motifs is 1. The molecule has 0 saturated carbocycles. The Labute approximate surface area is 210 Å². The van der Waals surface area contributed by atoms with Crippen LogP contribution in [-0.4, -0.2) is 49.8 Å². The molecule has 0 fully saturated rings. The molecule has 2 aromatic heterocycles. The third kappa shape index (κ3) is 4.42. The molecular formula is C28H30N6O2. The van der Waals surface area contributed by atoms with Gasteiger partial charge in [-0.3, -0.25) is 19.4 Å². The summed E-state index contributed by atoms with van der Waals surface area (Å²) in [6.45, 7) is 8.27. The summed E-state index contributed by atoms with van der Waals surface area (Å²) in [5, 5.41) is 14.9. The average molecular weight is 483 g/mol. The Morgan fingerprint density at radius 2 is 1.86 bits per heavy atom. The first-order chi connectivity index (χ1) is 17.5. The summed E-state index contributed by atoms with van der Waals surface area (Å²) < 4.78 is 1.93. The van der Waals surface area contributed by atoms with Gasteiger partial charge in [0, 0.05) is 48.9 Å². The molecule has 184 valence electrons. The zero-order valence-corrected chi connectivity index (χ0v) is 20.8. The minimum Gasteiger partial charge on any atom is -0.350 e. The summed E-state index contributed by atoms with van der Waals surface area (Å²) in [5.74, 6) is -0.249. The highest BCUT2D eigenvalue weighted by molar-refractivity contribution is 5.98. The Kier molecular flexibility index (Phi) is 6.41. The molecule has 2 amide bonds. The van der Waals surface area contributed by atoms with Crippen LogP contribution in [0.15, 0.2) is 60.7 Å². The third-order valence-corrected chi connectivity index (χ3v) is 6.88. The summed E-state index contributed by atoms with van der Waals surface area (Å²) in [5.41, 5.74) is 6.82. The van der Waals surface area contributed by atoms with Crippen molar-refractivity contribution in [3.63, 3.8) is 0 Å². The molecule has 0 unspecified atom stereocenters. The van der Waals surface area contributed by atoms with Crippen molar-refractivity contribution in [3.8, 4) is 11.3 Å². The number of rotatable bonds is 8. The number of carbonyl (C=O) groups is 2. The fraction of sp³-hybridized carbons (Fsp3) is 0.286. The maximum Gasteiger partial charge on any atom is 0.269 e. The van der Waals surface area contributed by atoms with E-state index in [0.29, 0.717) is 31.0 Å². The first-order valence-corrected chi connectivity index (χ1v) is 12.3. The van der Waals surface area contributed by atoms with E-state index in [1.807, 2.05) is 85.0 Å². The first kappa shape index (κ1) is 23.5. The highest BCUT2D eigenvalue weighted by atomic mass is 16.2. The second kappa shape index (κ2) is 9.81. The lowest BCUT2D eigenvalue weighted by molar-refractivity contribution is 0.0767. The number of benzene rings is 2. The van der Waals surface area contributed by atoms with Gasteiger partial charge >= 0.3 is 0 Å². The Hall–Kier alpha value is -4.20. The lowest BCUT2D eigenvalue weighted by Gasteiger charge is -2.24. The van der Waals surface area contributed by atoms with E-state index >= 15 is 0 Å². The minimum absolute atomic E-state index is 0.0365. The van der Waals surface area contributed by atoms with E-state index in [4.69, 9.17) is 0 Å². The van der Waals surface area contributed by atoms with E-state index in [2.05, 4.69) is 20.6 Å². The molecule has 2 aromatic carbocycles. The largest absolute Gasteiger partial charge is 0.350 e. The van der Waals surface area contributed by atoms with Crippen molar-refractivity contribution in [2.45, 2.75) is 39.8 Å². The van der Waals surface area contributed by atoms with Gasteiger partial charge in [-0.1, -0.05) is 48.5 Å². The second-order valence-electron chi connectivity index (χ2n) is 9.19. The molecule has 0 radical (unpaired) electrons. The number of amides is 2. The van der Waals surface area contributed by atoms with Crippen molar-refractivity contribution in [3.05, 3.63) is 94.4 Å². The van der Waals surface area contributed by atoms with Crippen LogP contribution in [0.1, 0.15) is 56.2 Å². The normalized spacial score (nSPS) is 13.6. The van der Waals surface area contributed by atoms with Crippen LogP contribution in [0.3, 0.4) is 0 Å². The van der Waals surface area contributed by atoms with Gasteiger partial charge in [-0.15, -0.1) is 0 Å². The lowest BCUT2D eigenvalue weighted by Crippen LogP contribution is -2.36. The highest BCUT2D eigenvalue weighted by Gasteiger charge is 2.29. The molecule has 1 aliphatic rings. The lowest BCUT2D eigenvalue weighted by atomic mass is 9.98. The molecule has 0 bridgehead atoms. The fourth-order valence-electron chi connectivity index (χ4n) is 4.99. The minimum atomic E-state index is -0.232. The summed E-state index contributed by atoms with van der Waals surface area (Å²) in [6.07, 6.45) is 0. The zero-order valence-electron chi connectivity index (χ0n) is 20.8. The highest BCUT2D eigenvalue weighted by Crippen LogP contribution is 2.27. The van der Waals surface area contributed by atoms with Gasteiger partial charge in [0.05, 0.1) is 11.4 Å². The summed E-state index contributed by atoms with van der Waals surface area (Å²) in [4.78, 5) is 27.9. The Morgan fingerprint density at radius 3 is 2.58 bits per heavy atom. The van der Waals surface area contributed by atoms with E-state index in [1.165, 1.54) is 0 Å². The van der Waals surface area contributed by atoms with Gasteiger partial charge in [0.2, 0.25) is 0 Å². The van der Waals surface area contributed by atoms with Crippen LogP contribution >= 0.6 is 0 Å². The van der Waals surface area contributed by atoms with Crippen LogP contribution in [0.5, 0.6) is 0 Å². The molecule has 0 aliphatic carbocycles. The Morgan fingerprint density at radius 1 is 1.11 bits per heavy atom. The number of nitrogens with one attached hydrogen (secondary N) is 2. The third-order valence-electron chi connectivity index (χ3n) is 6.88. The number of aryl methyl sites for hydroxylation is 2. The van der Waals surface area contributed by atoms with E-state index in [0.717, 1.165) is 40.2 Å². The molecular weight excluding hydrogens is 452 g/mol. The van der Waals surface area contributed by atoms with Crippen LogP contribution in [0.4, 0.5) is 0 Å². The van der Waals surface area contributed by atoms with E-state index in [9.17, 15) is 9.59 Å². The van der Waals surface area contributed by atoms with Crippen LogP contribution in [0.2, 0.25) is 0 Å². The predicted octanol–water partition coefficient (Wildman–Crippen LogP) is 4.08. The maximum atomic E-state index is 13.1. The van der Waals surface area contributed by atoms with Gasteiger partial charge < -0.3 is 10.2 Å². The van der Waals surface area contributed by atoms with Gasteiger partial charge in [-0.25, -0.2) is 0 Å². The average Bonchev–Trinajstić information content (AvgIpc) is 3.58. The van der Waals surface area contributed by atoms with Gasteiger partial charge in [0.15, 0.2) is 0 Å². The molecule has 8 nitrogen and oxygen atoms in total. The molecule has 3 heterocycles. The molecule has 1 aliphatic heterocycles. The van der Waals surface area contributed by atoms with Crippen molar-refractivity contribution >= 4 is 11.8 Å². The first-order valence-electron chi connectivity index (χ1n) is 12.3. The topological polar surface area (TPSA) is 95.9 Å². The molecule has 0 saturated heterocycles. The van der Waals surface area contributed by atoms with Crippen molar-refractivity contribution < 1.29 is 9.59 Å². The molecule has 36 heavy (non-hydrogen) atoms. The van der Waals surface area contributed by atoms with Crippen molar-refractivity contribution in [1.82, 2.24) is 30.2 Å². The predicted molar refractivity (Wildman–Crippen MR) is 138 cm³/mol. The van der Waals surface area contributed by atoms with Crippen LogP contribution in [0.25, 0.3) is 11.3 Å². The van der Waals surface area contributed by atoms with Crippen LogP contribution in [-0.2, 0) is 13.1 Å². The quantitative estimate of drug-likeness (QED) is 0.396. The molecule has 4 aromatic rings. The van der Waals surface area contributed by atoms with Gasteiger partial charge in [0.1, 0.15) is 5.69 Å². The van der Waals surface area contributed by atoms with Crippen molar-refractivity contribution in [2.75, 3.05) is 13.1 Å². The smallest absolute Gasteiger partial charge is 0.269 e. The van der Waals surface area contributed by atoms with E-state index in [-0.39, 0.29) is 17.7 Å². The van der Waals surface area contributed by atoms with E-state index in [1.54, 1.807) is 6.07 Å². The Balaban J connectivity index is 1.30. The Bertz CT molecular complexity index is 1400. The SMILES string of the molecule is CCn1nc(C)c(-c2cc(C(=O)NC[C@@H](CN3Cc4ccccc4C3=O)c3ccccc3)[nH]n2)c1C. The number of hydrogen-bond donors (Lipinski definition) is 2. The second-order valence-corrected chi connectivity index (χ2v) is 9.19. The number of nitrogens with zero attached hydrogens (tertiary/aromatic N) is 4. The zero-order chi connectivity index (χ0) is 25.2. The summed E-state index contributed by atoms with van der Waals surface area (Å²) in [7, 11) is 0. The molecule has 1 atom stereocenters. The number of hydrogen-bond acceptors (Lipinski definition) is 4. The summed E-state index contributed by atoms with van der Waals surface area (Å²) >= 11 is 0. The van der Waals surface area contributed by atoms with Crippen molar-refractivity contribution in [1.29, 1.82) is 0 Å². The van der Waals surface area contributed by atoms with Gasteiger partial charge in [0.25, 0.3) is 11.8 Å². The molecule has 2 N–H and O–H groups in total. The van der Waals surface area contributed by atoms with Crippen LogP contribution in [0, 0.1) is 13.8 Å². The van der Waals surface area contributed by atoms with Crippen molar-refractivity contribution in [2.24, 2.45) is 0 Å². The fourth-order valence-corrected chi connectivity index (χ4v) is 4.99. The molecule has 0 spiro atoms. The summed E-state index contributed by atoms with van der Waals surface area (Å²) in [6, 6.07) is 19.5. The van der Waals surface area contributed by atoms with Gasteiger partial charge in [-0.05, 0) is 44.0 Å². The standard InChI is InChI=1S/C28H30N6O2/c1-4-34-19(3)26(18(2)32-34)24-14-25(31-30-24)27(35)29-15-22(20-10-6-5-7-11-20)17-33-16-21-12-8-9-13-23(21)28(33)36/h5-14,22H,4,15-17H2,1-3H3,(H,29,35)(H,30,31)/t22-/m0/s1. The maximum absolute atomic E-state index is 13.1. The monoisotopic (exact) mass is 482 g/mol.